The van der Waals surface area contributed by atoms with Crippen LogP contribution in [0.3, 0.4) is 0 Å². The number of nitrogens with zero attached hydrogens (tertiary/aromatic N) is 1. The van der Waals surface area contributed by atoms with Crippen LogP contribution in [-0.2, 0) is 4.79 Å². The van der Waals surface area contributed by atoms with E-state index < -0.39 is 23.5 Å². The lowest BCUT2D eigenvalue weighted by atomic mass is 9.87. The molecule has 2 amide bonds. The maximum absolute atomic E-state index is 12.2. The maximum atomic E-state index is 12.2. The molecular formula is C15H22N2O4. The minimum Gasteiger partial charge on any atom is -0.497 e. The number of rotatable bonds is 4. The Hall–Kier alpha value is -2.24. The second-order valence-corrected chi connectivity index (χ2v) is 5.84. The molecule has 2 N–H and O–H groups in total. The molecule has 0 radical (unpaired) electrons. The number of ether oxygens (including phenoxy) is 1. The SMILES string of the molecule is COc1ccc(N(C)C(=O)NC(C(=O)O)C(C)(C)C)cc1. The van der Waals surface area contributed by atoms with E-state index in [1.54, 1.807) is 59.2 Å². The van der Waals surface area contributed by atoms with Crippen molar-refractivity contribution in [1.29, 1.82) is 0 Å². The molecule has 0 spiro atoms. The van der Waals surface area contributed by atoms with Crippen LogP contribution in [-0.4, -0.2) is 37.3 Å². The minimum absolute atomic E-state index is 0.470. The number of nitrogens with one attached hydrogen (secondary N) is 1. The molecule has 0 heterocycles. The third-order valence-corrected chi connectivity index (χ3v) is 3.15. The van der Waals surface area contributed by atoms with Crippen LogP contribution < -0.4 is 15.0 Å². The summed E-state index contributed by atoms with van der Waals surface area (Å²) in [6, 6.07) is 5.49. The highest BCUT2D eigenvalue weighted by Gasteiger charge is 2.33. The van der Waals surface area contributed by atoms with Gasteiger partial charge < -0.3 is 15.2 Å². The first-order valence-electron chi connectivity index (χ1n) is 6.58. The molecule has 1 rings (SSSR count). The average Bonchev–Trinajstić information content (AvgIpc) is 2.42. The Labute approximate surface area is 124 Å². The second-order valence-electron chi connectivity index (χ2n) is 5.84. The number of hydrogen-bond acceptors (Lipinski definition) is 3. The lowest BCUT2D eigenvalue weighted by Gasteiger charge is -2.29. The Bertz CT molecular complexity index is 505. The first-order valence-corrected chi connectivity index (χ1v) is 6.58. The normalized spacial score (nSPS) is 12.4. The molecule has 116 valence electrons. The number of carboxylic acid groups (broad SMARTS) is 1. The second kappa shape index (κ2) is 6.47. The van der Waals surface area contributed by atoms with E-state index in [1.165, 1.54) is 4.90 Å². The standard InChI is InChI=1S/C15H22N2O4/c1-15(2,3)12(13(18)19)16-14(20)17(4)10-6-8-11(21-5)9-7-10/h6-9,12H,1-5H3,(H,16,20)(H,18,19). The van der Waals surface area contributed by atoms with E-state index in [4.69, 9.17) is 4.74 Å². The minimum atomic E-state index is -1.06. The fraction of sp³-hybridized carbons (Fsp3) is 0.467. The Kier molecular flexibility index (Phi) is 5.18. The van der Waals surface area contributed by atoms with Crippen LogP contribution >= 0.6 is 0 Å². The molecule has 1 unspecified atom stereocenters. The molecule has 1 aromatic carbocycles. The summed E-state index contributed by atoms with van der Waals surface area (Å²) in [4.78, 5) is 24.8. The lowest BCUT2D eigenvalue weighted by molar-refractivity contribution is -0.141. The Morgan fingerprint density at radius 3 is 2.14 bits per heavy atom. The monoisotopic (exact) mass is 294 g/mol. The molecule has 0 aliphatic heterocycles. The quantitative estimate of drug-likeness (QED) is 0.893. The maximum Gasteiger partial charge on any atom is 0.326 e. The Morgan fingerprint density at radius 2 is 1.76 bits per heavy atom. The van der Waals surface area contributed by atoms with E-state index in [0.717, 1.165) is 0 Å². The fourth-order valence-electron chi connectivity index (χ4n) is 1.79. The molecule has 0 aliphatic rings. The van der Waals surface area contributed by atoms with Crippen molar-refractivity contribution in [2.75, 3.05) is 19.1 Å². The molecular weight excluding hydrogens is 272 g/mol. The molecule has 21 heavy (non-hydrogen) atoms. The molecule has 1 aromatic rings. The topological polar surface area (TPSA) is 78.9 Å². The van der Waals surface area contributed by atoms with Crippen molar-refractivity contribution in [2.45, 2.75) is 26.8 Å². The number of carbonyl (C=O) groups excluding carboxylic acids is 1. The highest BCUT2D eigenvalue weighted by Crippen LogP contribution is 2.21. The number of carboxylic acids is 1. The summed E-state index contributed by atoms with van der Waals surface area (Å²) in [6.07, 6.45) is 0. The number of urea groups is 1. The lowest BCUT2D eigenvalue weighted by Crippen LogP contribution is -2.52. The molecule has 0 saturated carbocycles. The number of benzene rings is 1. The zero-order valence-corrected chi connectivity index (χ0v) is 13.0. The van der Waals surface area contributed by atoms with Gasteiger partial charge in [-0.05, 0) is 29.7 Å². The summed E-state index contributed by atoms with van der Waals surface area (Å²) in [5, 5.41) is 11.8. The van der Waals surface area contributed by atoms with Gasteiger partial charge in [-0.2, -0.15) is 0 Å². The summed E-state index contributed by atoms with van der Waals surface area (Å²) < 4.78 is 5.05. The van der Waals surface area contributed by atoms with Crippen molar-refractivity contribution in [3.63, 3.8) is 0 Å². The van der Waals surface area contributed by atoms with Gasteiger partial charge in [0.2, 0.25) is 0 Å². The number of amides is 2. The highest BCUT2D eigenvalue weighted by atomic mass is 16.5. The molecule has 0 saturated heterocycles. The van der Waals surface area contributed by atoms with Gasteiger partial charge in [0.15, 0.2) is 0 Å². The van der Waals surface area contributed by atoms with Crippen molar-refractivity contribution < 1.29 is 19.4 Å². The summed E-state index contributed by atoms with van der Waals surface area (Å²) in [6.45, 7) is 5.29. The van der Waals surface area contributed by atoms with E-state index in [9.17, 15) is 14.7 Å². The number of carbonyl (C=O) groups is 2. The first-order chi connectivity index (χ1) is 9.66. The molecule has 0 bridgehead atoms. The number of methoxy groups -OCH3 is 1. The largest absolute Gasteiger partial charge is 0.497 e. The van der Waals surface area contributed by atoms with Crippen molar-refractivity contribution in [3.8, 4) is 5.75 Å². The molecule has 0 aromatic heterocycles. The van der Waals surface area contributed by atoms with Crippen LogP contribution in [0.15, 0.2) is 24.3 Å². The van der Waals surface area contributed by atoms with Crippen LogP contribution in [0.1, 0.15) is 20.8 Å². The number of aliphatic carboxylic acids is 1. The Morgan fingerprint density at radius 1 is 1.24 bits per heavy atom. The summed E-state index contributed by atoms with van der Waals surface area (Å²) in [5.41, 5.74) is 0.0637. The van der Waals surface area contributed by atoms with E-state index in [-0.39, 0.29) is 0 Å². The number of hydrogen-bond donors (Lipinski definition) is 2. The van der Waals surface area contributed by atoms with E-state index >= 15 is 0 Å². The van der Waals surface area contributed by atoms with Crippen molar-refractivity contribution in [2.24, 2.45) is 5.41 Å². The molecule has 6 heteroatoms. The zero-order valence-electron chi connectivity index (χ0n) is 13.0. The fourth-order valence-corrected chi connectivity index (χ4v) is 1.79. The first kappa shape index (κ1) is 16.8. The van der Waals surface area contributed by atoms with E-state index in [0.29, 0.717) is 11.4 Å². The number of anilines is 1. The van der Waals surface area contributed by atoms with Gasteiger partial charge in [0.25, 0.3) is 0 Å². The van der Waals surface area contributed by atoms with Gasteiger partial charge >= 0.3 is 12.0 Å². The summed E-state index contributed by atoms with van der Waals surface area (Å²) >= 11 is 0. The molecule has 1 atom stereocenters. The van der Waals surface area contributed by atoms with Gasteiger partial charge in [-0.15, -0.1) is 0 Å². The third-order valence-electron chi connectivity index (χ3n) is 3.15. The van der Waals surface area contributed by atoms with Gasteiger partial charge in [-0.1, -0.05) is 20.8 Å². The van der Waals surface area contributed by atoms with Crippen LogP contribution in [0.25, 0.3) is 0 Å². The van der Waals surface area contributed by atoms with Gasteiger partial charge in [0.1, 0.15) is 11.8 Å². The van der Waals surface area contributed by atoms with E-state index in [2.05, 4.69) is 5.32 Å². The van der Waals surface area contributed by atoms with Crippen LogP contribution in [0.5, 0.6) is 5.75 Å². The molecule has 0 aliphatic carbocycles. The van der Waals surface area contributed by atoms with Gasteiger partial charge in [-0.3, -0.25) is 4.90 Å². The van der Waals surface area contributed by atoms with E-state index in [1.807, 2.05) is 0 Å². The van der Waals surface area contributed by atoms with Crippen molar-refractivity contribution >= 4 is 17.7 Å². The van der Waals surface area contributed by atoms with Crippen LogP contribution in [0.2, 0.25) is 0 Å². The smallest absolute Gasteiger partial charge is 0.326 e. The van der Waals surface area contributed by atoms with Crippen LogP contribution in [0, 0.1) is 5.41 Å². The zero-order chi connectivity index (χ0) is 16.2. The molecule has 6 nitrogen and oxygen atoms in total. The molecule has 0 fully saturated rings. The van der Waals surface area contributed by atoms with Crippen molar-refractivity contribution in [3.05, 3.63) is 24.3 Å². The average molecular weight is 294 g/mol. The van der Waals surface area contributed by atoms with Gasteiger partial charge in [0, 0.05) is 12.7 Å². The van der Waals surface area contributed by atoms with Gasteiger partial charge in [-0.25, -0.2) is 9.59 Å². The van der Waals surface area contributed by atoms with Gasteiger partial charge in [0.05, 0.1) is 7.11 Å². The van der Waals surface area contributed by atoms with Crippen LogP contribution in [0.4, 0.5) is 10.5 Å². The highest BCUT2D eigenvalue weighted by molar-refractivity contribution is 5.94. The predicted octanol–water partition coefficient (Wildman–Crippen LogP) is 2.34. The van der Waals surface area contributed by atoms with Crippen molar-refractivity contribution in [1.82, 2.24) is 5.32 Å². The predicted molar refractivity (Wildman–Crippen MR) is 80.8 cm³/mol. The Balaban J connectivity index is 2.84. The summed E-state index contributed by atoms with van der Waals surface area (Å²) in [7, 11) is 3.14. The summed E-state index contributed by atoms with van der Waals surface area (Å²) in [5.74, 6) is -0.371. The third kappa shape index (κ3) is 4.37.